The van der Waals surface area contributed by atoms with Gasteiger partial charge >= 0.3 is 0 Å². The highest BCUT2D eigenvalue weighted by atomic mass is 14.9. The van der Waals surface area contributed by atoms with Gasteiger partial charge in [-0.1, -0.05) is 36.8 Å². The third kappa shape index (κ3) is 2.83. The fourth-order valence-electron chi connectivity index (χ4n) is 2.42. The van der Waals surface area contributed by atoms with Crippen LogP contribution in [-0.2, 0) is 6.54 Å². The van der Waals surface area contributed by atoms with E-state index in [0.29, 0.717) is 5.41 Å². The van der Waals surface area contributed by atoms with Crippen LogP contribution < -0.4 is 11.1 Å². The Morgan fingerprint density at radius 2 is 1.94 bits per heavy atom. The maximum Gasteiger partial charge on any atom is 0.0205 e. The molecule has 16 heavy (non-hydrogen) atoms. The van der Waals surface area contributed by atoms with Crippen molar-refractivity contribution >= 4 is 0 Å². The van der Waals surface area contributed by atoms with E-state index in [1.54, 1.807) is 0 Å². The van der Waals surface area contributed by atoms with E-state index in [1.807, 2.05) is 0 Å². The van der Waals surface area contributed by atoms with Gasteiger partial charge < -0.3 is 11.1 Å². The predicted octanol–water partition coefficient (Wildman–Crippen LogP) is 2.30. The zero-order valence-electron chi connectivity index (χ0n) is 9.91. The molecule has 0 saturated heterocycles. The van der Waals surface area contributed by atoms with Gasteiger partial charge in [0.25, 0.3) is 0 Å². The van der Waals surface area contributed by atoms with Crippen molar-refractivity contribution in [1.82, 2.24) is 5.32 Å². The second-order valence-electron chi connectivity index (χ2n) is 4.97. The normalized spacial score (nSPS) is 18.1. The molecule has 0 bridgehead atoms. The summed E-state index contributed by atoms with van der Waals surface area (Å²) in [5.74, 6) is 0. The lowest BCUT2D eigenvalue weighted by atomic mass is 9.67. The maximum atomic E-state index is 5.83. The van der Waals surface area contributed by atoms with Crippen molar-refractivity contribution in [3.8, 4) is 0 Å². The van der Waals surface area contributed by atoms with Gasteiger partial charge in [-0.3, -0.25) is 0 Å². The summed E-state index contributed by atoms with van der Waals surface area (Å²) in [4.78, 5) is 0. The van der Waals surface area contributed by atoms with E-state index < -0.39 is 0 Å². The molecule has 0 heterocycles. The van der Waals surface area contributed by atoms with Gasteiger partial charge in [-0.25, -0.2) is 0 Å². The number of benzene rings is 1. The van der Waals surface area contributed by atoms with Crippen LogP contribution in [0.2, 0.25) is 0 Å². The predicted molar refractivity (Wildman–Crippen MR) is 68.1 cm³/mol. The van der Waals surface area contributed by atoms with E-state index in [0.717, 1.165) is 19.6 Å². The van der Waals surface area contributed by atoms with E-state index in [2.05, 4.69) is 35.6 Å². The number of hydrogen-bond acceptors (Lipinski definition) is 2. The molecule has 0 atom stereocenters. The molecule has 2 nitrogen and oxygen atoms in total. The molecule has 1 aromatic carbocycles. The van der Waals surface area contributed by atoms with Crippen LogP contribution in [0.1, 0.15) is 31.2 Å². The van der Waals surface area contributed by atoms with Crippen LogP contribution in [0.5, 0.6) is 0 Å². The van der Waals surface area contributed by atoms with Crippen molar-refractivity contribution in [3.05, 3.63) is 35.9 Å². The van der Waals surface area contributed by atoms with Crippen molar-refractivity contribution < 1.29 is 0 Å². The van der Waals surface area contributed by atoms with E-state index in [4.69, 9.17) is 5.73 Å². The molecule has 1 aliphatic rings. The molecular formula is C14H22N2. The van der Waals surface area contributed by atoms with Gasteiger partial charge in [-0.05, 0) is 43.3 Å². The Labute approximate surface area is 98.2 Å². The Kier molecular flexibility index (Phi) is 3.97. The summed E-state index contributed by atoms with van der Waals surface area (Å²) in [7, 11) is 0. The number of hydrogen-bond donors (Lipinski definition) is 2. The average molecular weight is 218 g/mol. The minimum Gasteiger partial charge on any atom is -0.330 e. The van der Waals surface area contributed by atoms with Crippen molar-refractivity contribution in [2.75, 3.05) is 13.1 Å². The summed E-state index contributed by atoms with van der Waals surface area (Å²) in [5, 5.41) is 3.50. The lowest BCUT2D eigenvalue weighted by Crippen LogP contribution is -2.39. The maximum absolute atomic E-state index is 5.83. The first-order valence-corrected chi connectivity index (χ1v) is 6.29. The fraction of sp³-hybridized carbons (Fsp3) is 0.571. The van der Waals surface area contributed by atoms with E-state index in [9.17, 15) is 0 Å². The largest absolute Gasteiger partial charge is 0.330 e. The summed E-state index contributed by atoms with van der Waals surface area (Å²) < 4.78 is 0. The molecule has 1 aliphatic carbocycles. The quantitative estimate of drug-likeness (QED) is 0.719. The zero-order valence-corrected chi connectivity index (χ0v) is 9.91. The molecule has 1 fully saturated rings. The Bertz CT molecular complexity index is 298. The van der Waals surface area contributed by atoms with Crippen molar-refractivity contribution in [2.24, 2.45) is 11.1 Å². The Balaban J connectivity index is 1.65. The standard InChI is InChI=1S/C14H22N2/c15-12-14(7-4-8-14)9-10-16-11-13-5-2-1-3-6-13/h1-3,5-6,16H,4,7-12,15H2. The molecule has 2 heteroatoms. The second kappa shape index (κ2) is 5.46. The Morgan fingerprint density at radius 1 is 1.19 bits per heavy atom. The molecule has 2 rings (SSSR count). The Morgan fingerprint density at radius 3 is 2.50 bits per heavy atom. The van der Waals surface area contributed by atoms with Crippen molar-refractivity contribution in [3.63, 3.8) is 0 Å². The van der Waals surface area contributed by atoms with Crippen LogP contribution in [0.4, 0.5) is 0 Å². The van der Waals surface area contributed by atoms with E-state index >= 15 is 0 Å². The third-order valence-electron chi connectivity index (χ3n) is 3.85. The molecule has 0 aromatic heterocycles. The number of rotatable bonds is 6. The van der Waals surface area contributed by atoms with Crippen LogP contribution in [0.15, 0.2) is 30.3 Å². The van der Waals surface area contributed by atoms with Crippen LogP contribution in [-0.4, -0.2) is 13.1 Å². The monoisotopic (exact) mass is 218 g/mol. The topological polar surface area (TPSA) is 38.0 Å². The highest BCUT2D eigenvalue weighted by Gasteiger charge is 2.34. The summed E-state index contributed by atoms with van der Waals surface area (Å²) in [6, 6.07) is 10.6. The van der Waals surface area contributed by atoms with Crippen LogP contribution >= 0.6 is 0 Å². The number of nitrogens with one attached hydrogen (secondary N) is 1. The summed E-state index contributed by atoms with van der Waals surface area (Å²) in [6.45, 7) is 2.92. The van der Waals surface area contributed by atoms with Crippen molar-refractivity contribution in [1.29, 1.82) is 0 Å². The first kappa shape index (κ1) is 11.6. The minimum atomic E-state index is 0.476. The summed E-state index contributed by atoms with van der Waals surface area (Å²) in [6.07, 6.45) is 5.26. The smallest absolute Gasteiger partial charge is 0.0205 e. The van der Waals surface area contributed by atoms with Gasteiger partial charge in [0.2, 0.25) is 0 Å². The fourth-order valence-corrected chi connectivity index (χ4v) is 2.42. The molecule has 88 valence electrons. The summed E-state index contributed by atoms with van der Waals surface area (Å²) >= 11 is 0. The molecule has 1 aromatic rings. The van der Waals surface area contributed by atoms with Crippen molar-refractivity contribution in [2.45, 2.75) is 32.2 Å². The first-order chi connectivity index (χ1) is 7.85. The lowest BCUT2D eigenvalue weighted by Gasteiger charge is -2.41. The Hall–Kier alpha value is -0.860. The number of nitrogens with two attached hydrogens (primary N) is 1. The van der Waals surface area contributed by atoms with Crippen LogP contribution in [0.3, 0.4) is 0 Å². The molecule has 0 radical (unpaired) electrons. The minimum absolute atomic E-state index is 0.476. The average Bonchev–Trinajstić information content (AvgIpc) is 2.29. The molecule has 1 saturated carbocycles. The van der Waals surface area contributed by atoms with E-state index in [-0.39, 0.29) is 0 Å². The lowest BCUT2D eigenvalue weighted by molar-refractivity contribution is 0.130. The van der Waals surface area contributed by atoms with E-state index in [1.165, 1.54) is 31.2 Å². The van der Waals surface area contributed by atoms with Gasteiger partial charge in [0.1, 0.15) is 0 Å². The molecule has 0 amide bonds. The third-order valence-corrected chi connectivity index (χ3v) is 3.85. The first-order valence-electron chi connectivity index (χ1n) is 6.29. The highest BCUT2D eigenvalue weighted by Crippen LogP contribution is 2.42. The summed E-state index contributed by atoms with van der Waals surface area (Å²) in [5.41, 5.74) is 7.67. The highest BCUT2D eigenvalue weighted by molar-refractivity contribution is 5.14. The molecule has 0 unspecified atom stereocenters. The molecule has 3 N–H and O–H groups in total. The molecular weight excluding hydrogens is 196 g/mol. The molecule has 0 spiro atoms. The second-order valence-corrected chi connectivity index (χ2v) is 4.97. The zero-order chi connectivity index (χ0) is 11.3. The van der Waals surface area contributed by atoms with Gasteiger partial charge in [0.05, 0.1) is 0 Å². The van der Waals surface area contributed by atoms with Gasteiger partial charge in [-0.2, -0.15) is 0 Å². The SMILES string of the molecule is NCC1(CCNCc2ccccc2)CCC1. The van der Waals surface area contributed by atoms with Gasteiger partial charge in [0.15, 0.2) is 0 Å². The molecule has 0 aliphatic heterocycles. The van der Waals surface area contributed by atoms with Gasteiger partial charge in [0, 0.05) is 6.54 Å². The van der Waals surface area contributed by atoms with Crippen LogP contribution in [0.25, 0.3) is 0 Å². The van der Waals surface area contributed by atoms with Gasteiger partial charge in [-0.15, -0.1) is 0 Å². The van der Waals surface area contributed by atoms with Crippen LogP contribution in [0, 0.1) is 5.41 Å².